The first kappa shape index (κ1) is 17.7. The molecule has 2 heteroatoms. The lowest BCUT2D eigenvalue weighted by molar-refractivity contribution is 0.567. The molecule has 0 saturated carbocycles. The molecular formula is C21H30N2. The molecule has 0 heterocycles. The molecule has 0 unspecified atom stereocenters. The number of benzene rings is 2. The molecule has 0 radical (unpaired) electrons. The van der Waals surface area contributed by atoms with Crippen molar-refractivity contribution in [1.29, 1.82) is 0 Å². The average Bonchev–Trinajstić information content (AvgIpc) is 2.59. The summed E-state index contributed by atoms with van der Waals surface area (Å²) in [7, 11) is 0. The van der Waals surface area contributed by atoms with Gasteiger partial charge >= 0.3 is 0 Å². The van der Waals surface area contributed by atoms with E-state index in [1.807, 2.05) is 0 Å². The van der Waals surface area contributed by atoms with Gasteiger partial charge in [-0.2, -0.15) is 0 Å². The second kappa shape index (κ2) is 8.28. The molecule has 0 aliphatic carbocycles. The van der Waals surface area contributed by atoms with Gasteiger partial charge in [-0.3, -0.25) is 0 Å². The smallest absolute Gasteiger partial charge is 0.116 e. The molecule has 0 saturated heterocycles. The highest BCUT2D eigenvalue weighted by atomic mass is 15.0. The molecule has 4 N–H and O–H groups in total. The topological polar surface area (TPSA) is 52.0 Å². The Bertz CT molecular complexity index is 529. The van der Waals surface area contributed by atoms with Gasteiger partial charge in [0.25, 0.3) is 0 Å². The van der Waals surface area contributed by atoms with Gasteiger partial charge in [0.1, 0.15) is 5.66 Å². The summed E-state index contributed by atoms with van der Waals surface area (Å²) in [5, 5.41) is 0. The Kier molecular flexibility index (Phi) is 6.37. The molecule has 2 aromatic carbocycles. The summed E-state index contributed by atoms with van der Waals surface area (Å²) in [5.41, 5.74) is 16.5. The maximum atomic E-state index is 6.44. The highest BCUT2D eigenvalue weighted by molar-refractivity contribution is 5.39. The van der Waals surface area contributed by atoms with Crippen molar-refractivity contribution in [2.24, 2.45) is 11.5 Å². The van der Waals surface area contributed by atoms with E-state index in [4.69, 9.17) is 11.5 Å². The van der Waals surface area contributed by atoms with Gasteiger partial charge in [-0.1, -0.05) is 75.2 Å². The van der Waals surface area contributed by atoms with Crippen molar-refractivity contribution in [2.45, 2.75) is 58.0 Å². The van der Waals surface area contributed by atoms with E-state index in [1.54, 1.807) is 0 Å². The van der Waals surface area contributed by atoms with E-state index < -0.39 is 5.66 Å². The van der Waals surface area contributed by atoms with E-state index in [1.165, 1.54) is 36.8 Å². The second-order valence-corrected chi connectivity index (χ2v) is 6.47. The molecule has 23 heavy (non-hydrogen) atoms. The first-order chi connectivity index (χ1) is 11.1. The van der Waals surface area contributed by atoms with Crippen LogP contribution in [0.25, 0.3) is 0 Å². The monoisotopic (exact) mass is 310 g/mol. The highest BCUT2D eigenvalue weighted by Gasteiger charge is 2.24. The molecule has 0 aromatic heterocycles. The largest absolute Gasteiger partial charge is 0.306 e. The van der Waals surface area contributed by atoms with Crippen LogP contribution in [0.15, 0.2) is 48.5 Å². The quantitative estimate of drug-likeness (QED) is 0.706. The summed E-state index contributed by atoms with van der Waals surface area (Å²) in [5.74, 6) is 0. The Morgan fingerprint density at radius 1 is 0.652 bits per heavy atom. The van der Waals surface area contributed by atoms with Gasteiger partial charge in [0.05, 0.1) is 0 Å². The molecule has 0 spiro atoms. The third kappa shape index (κ3) is 4.66. The van der Waals surface area contributed by atoms with E-state index >= 15 is 0 Å². The molecular weight excluding hydrogens is 280 g/mol. The fourth-order valence-corrected chi connectivity index (χ4v) is 2.82. The Labute approximate surface area is 140 Å². The minimum absolute atomic E-state index is 0.938. The summed E-state index contributed by atoms with van der Waals surface area (Å²) >= 11 is 0. The van der Waals surface area contributed by atoms with Gasteiger partial charge in [0.2, 0.25) is 0 Å². The fraction of sp³-hybridized carbons (Fsp3) is 0.429. The second-order valence-electron chi connectivity index (χ2n) is 6.47. The summed E-state index contributed by atoms with van der Waals surface area (Å²) in [6.07, 6.45) is 7.09. The van der Waals surface area contributed by atoms with Crippen LogP contribution in [0.1, 0.15) is 61.8 Å². The summed E-state index contributed by atoms with van der Waals surface area (Å²) in [4.78, 5) is 0. The SMILES string of the molecule is CCCCc1ccc(C(N)(N)c2ccc(CCCC)cc2)cc1. The van der Waals surface area contributed by atoms with Crippen molar-refractivity contribution in [3.63, 3.8) is 0 Å². The maximum absolute atomic E-state index is 6.44. The Hall–Kier alpha value is -1.64. The molecule has 2 rings (SSSR count). The van der Waals surface area contributed by atoms with Crippen LogP contribution in [0, 0.1) is 0 Å². The highest BCUT2D eigenvalue weighted by Crippen LogP contribution is 2.23. The van der Waals surface area contributed by atoms with Crippen molar-refractivity contribution >= 4 is 0 Å². The van der Waals surface area contributed by atoms with Gasteiger partial charge in [-0.15, -0.1) is 0 Å². The number of aryl methyl sites for hydroxylation is 2. The van der Waals surface area contributed by atoms with Crippen molar-refractivity contribution in [2.75, 3.05) is 0 Å². The molecule has 0 amide bonds. The minimum Gasteiger partial charge on any atom is -0.306 e. The number of unbranched alkanes of at least 4 members (excludes halogenated alkanes) is 2. The Balaban J connectivity index is 2.13. The summed E-state index contributed by atoms with van der Waals surface area (Å²) < 4.78 is 0. The van der Waals surface area contributed by atoms with E-state index in [0.717, 1.165) is 24.0 Å². The van der Waals surface area contributed by atoms with E-state index in [2.05, 4.69) is 62.4 Å². The number of hydrogen-bond donors (Lipinski definition) is 2. The zero-order chi connectivity index (χ0) is 16.7. The predicted octanol–water partition coefficient (Wildman–Crippen LogP) is 4.49. The van der Waals surface area contributed by atoms with Crippen LogP contribution in [-0.4, -0.2) is 0 Å². The lowest BCUT2D eigenvalue weighted by Crippen LogP contribution is -2.47. The summed E-state index contributed by atoms with van der Waals surface area (Å²) in [6, 6.07) is 16.9. The predicted molar refractivity (Wildman–Crippen MR) is 99.3 cm³/mol. The molecule has 0 atom stereocenters. The van der Waals surface area contributed by atoms with Crippen LogP contribution in [0.4, 0.5) is 0 Å². The van der Waals surface area contributed by atoms with E-state index in [9.17, 15) is 0 Å². The zero-order valence-electron chi connectivity index (χ0n) is 14.5. The Morgan fingerprint density at radius 3 is 1.30 bits per heavy atom. The lowest BCUT2D eigenvalue weighted by atomic mass is 9.91. The molecule has 0 bridgehead atoms. The molecule has 2 aromatic rings. The third-order valence-electron chi connectivity index (χ3n) is 4.50. The van der Waals surface area contributed by atoms with Crippen molar-refractivity contribution in [3.05, 3.63) is 70.8 Å². The van der Waals surface area contributed by atoms with Crippen LogP contribution in [0.2, 0.25) is 0 Å². The summed E-state index contributed by atoms with van der Waals surface area (Å²) in [6.45, 7) is 4.42. The van der Waals surface area contributed by atoms with E-state index in [0.29, 0.717) is 0 Å². The molecule has 0 fully saturated rings. The molecule has 0 aliphatic rings. The van der Waals surface area contributed by atoms with Gasteiger partial charge in [-0.25, -0.2) is 0 Å². The van der Waals surface area contributed by atoms with Gasteiger partial charge in [0.15, 0.2) is 0 Å². The first-order valence-electron chi connectivity index (χ1n) is 8.84. The van der Waals surface area contributed by atoms with Crippen LogP contribution in [0.5, 0.6) is 0 Å². The first-order valence-corrected chi connectivity index (χ1v) is 8.84. The van der Waals surface area contributed by atoms with Crippen molar-refractivity contribution in [3.8, 4) is 0 Å². The molecule has 124 valence electrons. The normalized spacial score (nSPS) is 11.7. The standard InChI is InChI=1S/C21H30N2/c1-3-5-7-17-9-13-19(14-10-17)21(22,23)20-15-11-18(12-16-20)8-6-4-2/h9-16H,3-8,22-23H2,1-2H3. The Morgan fingerprint density at radius 2 is 1.00 bits per heavy atom. The van der Waals surface area contributed by atoms with Gasteiger partial charge in [0, 0.05) is 0 Å². The number of nitrogens with two attached hydrogens (primary N) is 2. The third-order valence-corrected chi connectivity index (χ3v) is 4.50. The number of rotatable bonds is 8. The fourth-order valence-electron chi connectivity index (χ4n) is 2.82. The van der Waals surface area contributed by atoms with Crippen molar-refractivity contribution in [1.82, 2.24) is 0 Å². The van der Waals surface area contributed by atoms with Gasteiger partial charge < -0.3 is 11.5 Å². The van der Waals surface area contributed by atoms with Crippen LogP contribution in [0.3, 0.4) is 0 Å². The van der Waals surface area contributed by atoms with Crippen LogP contribution >= 0.6 is 0 Å². The zero-order valence-corrected chi connectivity index (χ0v) is 14.5. The van der Waals surface area contributed by atoms with Crippen LogP contribution in [-0.2, 0) is 18.5 Å². The van der Waals surface area contributed by atoms with E-state index in [-0.39, 0.29) is 0 Å². The van der Waals surface area contributed by atoms with Gasteiger partial charge in [-0.05, 0) is 47.9 Å². The maximum Gasteiger partial charge on any atom is 0.116 e. The molecule has 0 aliphatic heterocycles. The molecule has 2 nitrogen and oxygen atoms in total. The lowest BCUT2D eigenvalue weighted by Gasteiger charge is -2.26. The van der Waals surface area contributed by atoms with Crippen molar-refractivity contribution < 1.29 is 0 Å². The number of hydrogen-bond acceptors (Lipinski definition) is 2. The minimum atomic E-state index is -0.938. The average molecular weight is 310 g/mol. The van der Waals surface area contributed by atoms with Crippen LogP contribution < -0.4 is 11.5 Å².